The van der Waals surface area contributed by atoms with Gasteiger partial charge in [-0.3, -0.25) is 19.1 Å². The fourth-order valence-corrected chi connectivity index (χ4v) is 2.11. The average Bonchev–Trinajstić information content (AvgIpc) is 2.99. The van der Waals surface area contributed by atoms with Crippen molar-refractivity contribution >= 4 is 27.6 Å². The van der Waals surface area contributed by atoms with E-state index in [0.717, 1.165) is 6.26 Å². The van der Waals surface area contributed by atoms with Crippen molar-refractivity contribution in [3.05, 3.63) is 16.6 Å². The van der Waals surface area contributed by atoms with E-state index in [0.29, 0.717) is 0 Å². The summed E-state index contributed by atoms with van der Waals surface area (Å²) in [5.41, 5.74) is -1.39. The predicted molar refractivity (Wildman–Crippen MR) is 66.8 cm³/mol. The van der Waals surface area contributed by atoms with Crippen LogP contribution in [0.2, 0.25) is 0 Å². The van der Waals surface area contributed by atoms with E-state index in [4.69, 9.17) is 0 Å². The molecule has 0 aliphatic carbocycles. The Morgan fingerprint density at radius 1 is 1.52 bits per heavy atom. The molecule has 0 aromatic carbocycles. The predicted octanol–water partition coefficient (Wildman–Crippen LogP) is -1.14. The van der Waals surface area contributed by atoms with Crippen LogP contribution in [-0.2, 0) is 24.3 Å². The first-order chi connectivity index (χ1) is 9.82. The lowest BCUT2D eigenvalue weighted by molar-refractivity contribution is -0.169. The molecule has 1 N–H and O–H groups in total. The second kappa shape index (κ2) is 5.60. The lowest BCUT2D eigenvalue weighted by Crippen LogP contribution is -2.35. The van der Waals surface area contributed by atoms with Gasteiger partial charge in [-0.15, -0.1) is 0 Å². The minimum atomic E-state index is -3.67. The summed E-state index contributed by atoms with van der Waals surface area (Å²) in [5, 5.41) is 0. The van der Waals surface area contributed by atoms with Crippen molar-refractivity contribution in [2.45, 2.75) is 25.9 Å². The molecular weight excluding hydrogens is 308 g/mol. The minimum absolute atomic E-state index is 0.0777. The molecule has 0 bridgehead atoms. The van der Waals surface area contributed by atoms with E-state index >= 15 is 0 Å². The SMILES string of the molecule is CCS(=O)(=O)Nc1con(OC(=O)C2CCC(=O)O2)c1=O. The number of nitrogens with zero attached hydrogens (tertiary/aromatic N) is 1. The molecule has 10 nitrogen and oxygen atoms in total. The molecule has 1 aromatic rings. The van der Waals surface area contributed by atoms with E-state index in [-0.39, 0.29) is 23.5 Å². The van der Waals surface area contributed by atoms with Crippen LogP contribution in [0, 0.1) is 0 Å². The first-order valence-electron chi connectivity index (χ1n) is 5.95. The maximum atomic E-state index is 11.7. The molecule has 21 heavy (non-hydrogen) atoms. The maximum absolute atomic E-state index is 11.7. The Morgan fingerprint density at radius 2 is 2.24 bits per heavy atom. The summed E-state index contributed by atoms with van der Waals surface area (Å²) in [6.07, 6.45) is -0.0920. The smallest absolute Gasteiger partial charge is 0.376 e. The highest BCUT2D eigenvalue weighted by Crippen LogP contribution is 2.14. The van der Waals surface area contributed by atoms with Crippen LogP contribution in [0.5, 0.6) is 0 Å². The zero-order chi connectivity index (χ0) is 15.6. The van der Waals surface area contributed by atoms with Crippen molar-refractivity contribution in [2.75, 3.05) is 10.5 Å². The van der Waals surface area contributed by atoms with Gasteiger partial charge in [0.25, 0.3) is 0 Å². The van der Waals surface area contributed by atoms with Crippen LogP contribution in [-0.4, -0.2) is 37.1 Å². The minimum Gasteiger partial charge on any atom is -0.450 e. The lowest BCUT2D eigenvalue weighted by Gasteiger charge is -2.06. The standard InChI is InChI=1S/C10H12N2O8S/c1-2-21(16,17)11-6-5-18-12(9(6)14)20-10(15)7-3-4-8(13)19-7/h5,7,11H,2-4H2,1H3. The van der Waals surface area contributed by atoms with Gasteiger partial charge in [-0.05, 0) is 6.92 Å². The van der Waals surface area contributed by atoms with Crippen molar-refractivity contribution in [3.8, 4) is 0 Å². The van der Waals surface area contributed by atoms with Gasteiger partial charge in [0.05, 0.1) is 5.75 Å². The maximum Gasteiger partial charge on any atom is 0.376 e. The topological polar surface area (TPSA) is 134 Å². The summed E-state index contributed by atoms with van der Waals surface area (Å²) in [6, 6.07) is 0. The molecule has 0 saturated carbocycles. The van der Waals surface area contributed by atoms with Gasteiger partial charge in [0.1, 0.15) is 0 Å². The Balaban J connectivity index is 2.09. The molecule has 1 unspecified atom stereocenters. The van der Waals surface area contributed by atoms with Crippen molar-refractivity contribution in [2.24, 2.45) is 0 Å². The van der Waals surface area contributed by atoms with E-state index in [2.05, 4.69) is 14.1 Å². The van der Waals surface area contributed by atoms with Crippen LogP contribution in [0.3, 0.4) is 0 Å². The molecule has 1 fully saturated rings. The molecule has 1 aromatic heterocycles. The number of nitrogens with one attached hydrogen (secondary N) is 1. The van der Waals surface area contributed by atoms with Crippen LogP contribution in [0.15, 0.2) is 15.6 Å². The quantitative estimate of drug-likeness (QED) is 0.673. The highest BCUT2D eigenvalue weighted by Gasteiger charge is 2.32. The Hall–Kier alpha value is -2.30. The van der Waals surface area contributed by atoms with Gasteiger partial charge in [0.15, 0.2) is 12.0 Å². The second-order valence-electron chi connectivity index (χ2n) is 4.13. The Kier molecular flexibility index (Phi) is 4.02. The van der Waals surface area contributed by atoms with Crippen LogP contribution >= 0.6 is 0 Å². The summed E-state index contributed by atoms with van der Waals surface area (Å²) < 4.78 is 33.9. The van der Waals surface area contributed by atoms with Crippen LogP contribution in [0.25, 0.3) is 0 Å². The van der Waals surface area contributed by atoms with Gasteiger partial charge in [-0.25, -0.2) is 13.2 Å². The molecule has 2 rings (SSSR count). The number of hydrogen-bond acceptors (Lipinski definition) is 8. The molecule has 2 heterocycles. The summed E-state index contributed by atoms with van der Waals surface area (Å²) >= 11 is 0. The van der Waals surface area contributed by atoms with Crippen molar-refractivity contribution < 1.29 is 32.1 Å². The number of cyclic esters (lactones) is 1. The third-order valence-corrected chi connectivity index (χ3v) is 3.92. The van der Waals surface area contributed by atoms with Gasteiger partial charge in [-0.1, -0.05) is 0 Å². The van der Waals surface area contributed by atoms with Gasteiger partial charge < -0.3 is 9.26 Å². The fourth-order valence-electron chi connectivity index (χ4n) is 1.50. The Bertz CT molecular complexity index is 716. The summed E-state index contributed by atoms with van der Waals surface area (Å²) in [4.78, 5) is 39.0. The van der Waals surface area contributed by atoms with Gasteiger partial charge >= 0.3 is 17.5 Å². The highest BCUT2D eigenvalue weighted by atomic mass is 32.2. The summed E-state index contributed by atoms with van der Waals surface area (Å²) in [6.45, 7) is 1.38. The van der Waals surface area contributed by atoms with Gasteiger partial charge in [0, 0.05) is 17.7 Å². The number of hydrogen-bond donors (Lipinski definition) is 1. The van der Waals surface area contributed by atoms with E-state index in [1.807, 2.05) is 4.72 Å². The Morgan fingerprint density at radius 3 is 2.81 bits per heavy atom. The van der Waals surface area contributed by atoms with Crippen molar-refractivity contribution in [1.29, 1.82) is 0 Å². The molecule has 11 heteroatoms. The lowest BCUT2D eigenvalue weighted by atomic mass is 10.2. The van der Waals surface area contributed by atoms with Crippen LogP contribution in [0.1, 0.15) is 19.8 Å². The van der Waals surface area contributed by atoms with E-state index < -0.39 is 39.3 Å². The third kappa shape index (κ3) is 3.42. The number of anilines is 1. The number of sulfonamides is 1. The first kappa shape index (κ1) is 15.1. The molecule has 116 valence electrons. The monoisotopic (exact) mass is 320 g/mol. The zero-order valence-electron chi connectivity index (χ0n) is 10.9. The number of aromatic nitrogens is 1. The highest BCUT2D eigenvalue weighted by molar-refractivity contribution is 7.92. The van der Waals surface area contributed by atoms with E-state index in [9.17, 15) is 22.8 Å². The van der Waals surface area contributed by atoms with Crippen LogP contribution < -0.4 is 15.1 Å². The molecular formula is C10H12N2O8S. The summed E-state index contributed by atoms with van der Waals surface area (Å²) in [7, 11) is -3.67. The van der Waals surface area contributed by atoms with Gasteiger partial charge in [-0.2, -0.15) is 0 Å². The molecule has 0 radical (unpaired) electrons. The number of ether oxygens (including phenoxy) is 1. The number of rotatable bonds is 5. The van der Waals surface area contributed by atoms with Gasteiger partial charge in [0.2, 0.25) is 16.1 Å². The molecule has 0 spiro atoms. The van der Waals surface area contributed by atoms with E-state index in [1.165, 1.54) is 6.92 Å². The zero-order valence-corrected chi connectivity index (χ0v) is 11.7. The van der Waals surface area contributed by atoms with E-state index in [1.54, 1.807) is 0 Å². The normalized spacial score (nSPS) is 18.3. The second-order valence-corrected chi connectivity index (χ2v) is 6.14. The third-order valence-electron chi connectivity index (χ3n) is 2.63. The average molecular weight is 320 g/mol. The van der Waals surface area contributed by atoms with Crippen LogP contribution in [0.4, 0.5) is 5.69 Å². The molecule has 1 aliphatic heterocycles. The fraction of sp³-hybridized carbons (Fsp3) is 0.500. The largest absolute Gasteiger partial charge is 0.450 e. The molecule has 1 saturated heterocycles. The number of carbonyl (C=O) groups excluding carboxylic acids is 2. The number of carbonyl (C=O) groups is 2. The first-order valence-corrected chi connectivity index (χ1v) is 7.61. The summed E-state index contributed by atoms with van der Waals surface area (Å²) in [5.74, 6) is -1.77. The molecule has 1 atom stereocenters. The Labute approximate surface area is 118 Å². The molecule has 0 amide bonds. The number of esters is 1. The molecule has 1 aliphatic rings. The van der Waals surface area contributed by atoms with Crippen molar-refractivity contribution in [3.63, 3.8) is 0 Å². The van der Waals surface area contributed by atoms with Crippen molar-refractivity contribution in [1.82, 2.24) is 4.90 Å².